The molecule has 1 aliphatic heterocycles. The van der Waals surface area contributed by atoms with Crippen LogP contribution in [0, 0.1) is 18.3 Å². The van der Waals surface area contributed by atoms with Crippen molar-refractivity contribution in [2.75, 3.05) is 11.1 Å². The molecule has 168 valence electrons. The number of ketones is 1. The average molecular weight is 498 g/mol. The van der Waals surface area contributed by atoms with Gasteiger partial charge in [0.05, 0.1) is 38.4 Å². The first-order chi connectivity index (χ1) is 15.9. The zero-order chi connectivity index (χ0) is 23.5. The van der Waals surface area contributed by atoms with Gasteiger partial charge >= 0.3 is 0 Å². The number of allylic oxidation sites excluding steroid dienone is 3. The van der Waals surface area contributed by atoms with Gasteiger partial charge in [-0.1, -0.05) is 65.3 Å². The van der Waals surface area contributed by atoms with Crippen LogP contribution in [0.3, 0.4) is 0 Å². The molecule has 8 heteroatoms. The molecule has 0 spiro atoms. The number of para-hydroxylation sites is 1. The predicted molar refractivity (Wildman–Crippen MR) is 133 cm³/mol. The van der Waals surface area contributed by atoms with Gasteiger partial charge in [-0.25, -0.2) is 0 Å². The number of nitrogens with zero attached hydrogens (tertiary/aromatic N) is 1. The van der Waals surface area contributed by atoms with Crippen LogP contribution in [0.2, 0.25) is 10.0 Å². The lowest BCUT2D eigenvalue weighted by Gasteiger charge is -2.33. The Labute approximate surface area is 206 Å². The summed E-state index contributed by atoms with van der Waals surface area (Å²) in [7, 11) is 0. The molecule has 1 heterocycles. The molecule has 5 nitrogen and oxygen atoms in total. The van der Waals surface area contributed by atoms with Gasteiger partial charge < -0.3 is 10.6 Å². The van der Waals surface area contributed by atoms with Crippen LogP contribution in [0.5, 0.6) is 0 Å². The van der Waals surface area contributed by atoms with Crippen molar-refractivity contribution < 1.29 is 9.59 Å². The summed E-state index contributed by atoms with van der Waals surface area (Å²) in [5.74, 6) is -0.696. The van der Waals surface area contributed by atoms with Crippen molar-refractivity contribution in [1.82, 2.24) is 5.32 Å². The van der Waals surface area contributed by atoms with Crippen molar-refractivity contribution in [2.24, 2.45) is 0 Å². The molecule has 0 unspecified atom stereocenters. The maximum absolute atomic E-state index is 12.9. The smallest absolute Gasteiger partial charge is 0.234 e. The largest absolute Gasteiger partial charge is 0.352 e. The van der Waals surface area contributed by atoms with Crippen molar-refractivity contribution >= 4 is 52.3 Å². The van der Waals surface area contributed by atoms with E-state index >= 15 is 0 Å². The van der Waals surface area contributed by atoms with Crippen LogP contribution in [0.25, 0.3) is 0 Å². The van der Waals surface area contributed by atoms with Crippen LogP contribution in [0.4, 0.5) is 5.69 Å². The van der Waals surface area contributed by atoms with Crippen LogP contribution in [-0.2, 0) is 9.59 Å². The minimum absolute atomic E-state index is 0.00103. The Balaban J connectivity index is 1.66. The van der Waals surface area contributed by atoms with Crippen LogP contribution in [-0.4, -0.2) is 17.4 Å². The van der Waals surface area contributed by atoms with E-state index in [9.17, 15) is 14.9 Å². The van der Waals surface area contributed by atoms with Gasteiger partial charge in [-0.05, 0) is 43.0 Å². The van der Waals surface area contributed by atoms with E-state index in [0.29, 0.717) is 44.6 Å². The number of halogens is 2. The van der Waals surface area contributed by atoms with Crippen LogP contribution >= 0.6 is 35.0 Å². The summed E-state index contributed by atoms with van der Waals surface area (Å²) in [5.41, 5.74) is 4.05. The molecule has 2 aromatic carbocycles. The lowest BCUT2D eigenvalue weighted by Crippen LogP contribution is -2.32. The number of anilines is 1. The maximum atomic E-state index is 12.9. The highest BCUT2D eigenvalue weighted by molar-refractivity contribution is 8.03. The number of thioether (sulfide) groups is 1. The van der Waals surface area contributed by atoms with Crippen LogP contribution < -0.4 is 10.6 Å². The predicted octanol–water partition coefficient (Wildman–Crippen LogP) is 6.10. The first-order valence-electron chi connectivity index (χ1n) is 10.5. The van der Waals surface area contributed by atoms with Crippen molar-refractivity contribution in [2.45, 2.75) is 32.1 Å². The maximum Gasteiger partial charge on any atom is 0.234 e. The monoisotopic (exact) mass is 497 g/mol. The Kier molecular flexibility index (Phi) is 7.14. The number of amides is 1. The fourth-order valence-electron chi connectivity index (χ4n) is 4.13. The van der Waals surface area contributed by atoms with E-state index in [1.807, 2.05) is 31.2 Å². The first-order valence-corrected chi connectivity index (χ1v) is 12.2. The molecule has 1 aliphatic carbocycles. The highest BCUT2D eigenvalue weighted by Crippen LogP contribution is 2.46. The number of hydrogen-bond acceptors (Lipinski definition) is 5. The Hall–Kier alpha value is -2.72. The second kappa shape index (κ2) is 10.0. The van der Waals surface area contributed by atoms with Crippen molar-refractivity contribution in [3.8, 4) is 6.07 Å². The molecule has 1 atom stereocenters. The fourth-order valence-corrected chi connectivity index (χ4v) is 5.41. The number of Topliss-reactive ketones (excluding diaryl/α,β-unsaturated/α-hetero) is 1. The average Bonchev–Trinajstić information content (AvgIpc) is 2.80. The van der Waals surface area contributed by atoms with Crippen molar-refractivity contribution in [3.63, 3.8) is 0 Å². The third-order valence-corrected chi connectivity index (χ3v) is 7.57. The first kappa shape index (κ1) is 23.4. The summed E-state index contributed by atoms with van der Waals surface area (Å²) in [6.45, 7) is 1.93. The van der Waals surface area contributed by atoms with Gasteiger partial charge in [0.15, 0.2) is 5.78 Å². The highest BCUT2D eigenvalue weighted by atomic mass is 35.5. The topological polar surface area (TPSA) is 82.0 Å². The van der Waals surface area contributed by atoms with Gasteiger partial charge in [-0.15, -0.1) is 0 Å². The lowest BCUT2D eigenvalue weighted by molar-refractivity contribution is -0.116. The van der Waals surface area contributed by atoms with Crippen molar-refractivity contribution in [3.05, 3.63) is 85.5 Å². The Morgan fingerprint density at radius 3 is 2.76 bits per heavy atom. The molecule has 33 heavy (non-hydrogen) atoms. The summed E-state index contributed by atoms with van der Waals surface area (Å²) >= 11 is 14.0. The van der Waals surface area contributed by atoms with Crippen LogP contribution in [0.15, 0.2) is 64.3 Å². The third kappa shape index (κ3) is 4.81. The minimum Gasteiger partial charge on any atom is -0.352 e. The molecule has 0 saturated heterocycles. The van der Waals surface area contributed by atoms with E-state index in [4.69, 9.17) is 23.2 Å². The summed E-state index contributed by atoms with van der Waals surface area (Å²) in [4.78, 5) is 25.5. The van der Waals surface area contributed by atoms with Crippen molar-refractivity contribution in [1.29, 1.82) is 5.26 Å². The number of nitriles is 1. The molecule has 2 aromatic rings. The molecule has 2 aliphatic rings. The molecule has 0 radical (unpaired) electrons. The van der Waals surface area contributed by atoms with E-state index in [1.165, 1.54) is 11.8 Å². The highest BCUT2D eigenvalue weighted by Gasteiger charge is 2.38. The van der Waals surface area contributed by atoms with Crippen LogP contribution in [0.1, 0.15) is 36.3 Å². The molecule has 1 amide bonds. The number of hydrogen-bond donors (Lipinski definition) is 2. The number of aryl methyl sites for hydroxylation is 1. The Bertz CT molecular complexity index is 1250. The van der Waals surface area contributed by atoms with Gasteiger partial charge in [-0.2, -0.15) is 5.26 Å². The van der Waals surface area contributed by atoms with E-state index in [0.717, 1.165) is 23.4 Å². The molecule has 0 bridgehead atoms. The zero-order valence-electron chi connectivity index (χ0n) is 17.9. The number of carbonyl (C=O) groups excluding carboxylic acids is 2. The van der Waals surface area contributed by atoms with Gasteiger partial charge in [0.1, 0.15) is 0 Å². The van der Waals surface area contributed by atoms with E-state index in [1.54, 1.807) is 18.2 Å². The van der Waals surface area contributed by atoms with Gasteiger partial charge in [0.2, 0.25) is 5.91 Å². The molecular formula is C25H21Cl2N3O2S. The molecule has 0 saturated carbocycles. The quantitative estimate of drug-likeness (QED) is 0.521. The number of carbonyl (C=O) groups is 2. The lowest BCUT2D eigenvalue weighted by atomic mass is 9.77. The summed E-state index contributed by atoms with van der Waals surface area (Å²) in [5, 5.41) is 17.5. The standard InChI is InChI=1S/C25H21Cl2N3O2S/c1-14-6-2-3-9-18(14)29-21(32)13-33-25-16(12-28)22(15-7-4-8-17(26)24(15)27)23-19(30-25)10-5-11-20(23)31/h2-4,6-9,22,30H,5,10-11,13H2,1H3,(H,29,32)/t22-/m0/s1. The second-order valence-corrected chi connectivity index (χ2v) is 9.65. The summed E-state index contributed by atoms with van der Waals surface area (Å²) in [6.07, 6.45) is 1.84. The molecule has 2 N–H and O–H groups in total. The molecular weight excluding hydrogens is 477 g/mol. The van der Waals surface area contributed by atoms with Gasteiger partial charge in [-0.3, -0.25) is 9.59 Å². The Morgan fingerprint density at radius 1 is 1.21 bits per heavy atom. The molecule has 4 rings (SSSR count). The summed E-state index contributed by atoms with van der Waals surface area (Å²) in [6, 6.07) is 15.0. The number of dihydropyridines is 1. The molecule has 0 aromatic heterocycles. The normalized spacial score (nSPS) is 17.9. The SMILES string of the molecule is Cc1ccccc1NC(=O)CSC1=C(C#N)[C@H](c2cccc(Cl)c2Cl)C2=C(CCCC2=O)N1. The number of nitrogens with one attached hydrogen (secondary N) is 2. The zero-order valence-corrected chi connectivity index (χ0v) is 20.2. The number of benzene rings is 2. The fraction of sp³-hybridized carbons (Fsp3) is 0.240. The molecule has 0 fully saturated rings. The van der Waals surface area contributed by atoms with E-state index < -0.39 is 5.92 Å². The van der Waals surface area contributed by atoms with E-state index in [-0.39, 0.29) is 17.4 Å². The van der Waals surface area contributed by atoms with Gasteiger partial charge in [0, 0.05) is 23.4 Å². The third-order valence-electron chi connectivity index (χ3n) is 5.72. The van der Waals surface area contributed by atoms with E-state index in [2.05, 4.69) is 16.7 Å². The number of rotatable bonds is 5. The van der Waals surface area contributed by atoms with Gasteiger partial charge in [0.25, 0.3) is 0 Å². The second-order valence-electron chi connectivity index (χ2n) is 7.88. The minimum atomic E-state index is -0.618. The Morgan fingerprint density at radius 2 is 2.00 bits per heavy atom. The summed E-state index contributed by atoms with van der Waals surface area (Å²) < 4.78 is 0.